The molecule has 24 heavy (non-hydrogen) atoms. The minimum absolute atomic E-state index is 0.806. The predicted octanol–water partition coefficient (Wildman–Crippen LogP) is 2.60. The van der Waals surface area contributed by atoms with Crippen LogP contribution in [0.2, 0.25) is 0 Å². The number of hydrogen-bond acceptors (Lipinski definition) is 8. The lowest BCUT2D eigenvalue weighted by Crippen LogP contribution is -2.44. The van der Waals surface area contributed by atoms with Crippen LogP contribution in [0.5, 0.6) is 11.5 Å². The number of anilines is 1. The quantitative estimate of drug-likeness (QED) is 0.728. The molecule has 1 aliphatic heterocycles. The molecular formula is C16H22N4O2S2. The number of ether oxygens (including phenoxy) is 2. The molecule has 0 spiro atoms. The number of hydrogen-bond donors (Lipinski definition) is 0. The second-order valence-electron chi connectivity index (χ2n) is 5.65. The monoisotopic (exact) mass is 366 g/mol. The largest absolute Gasteiger partial charge is 0.497 e. The van der Waals surface area contributed by atoms with Crippen molar-refractivity contribution in [2.75, 3.05) is 52.3 Å². The summed E-state index contributed by atoms with van der Waals surface area (Å²) in [5, 5.41) is 9.70. The van der Waals surface area contributed by atoms with E-state index in [4.69, 9.17) is 9.47 Å². The van der Waals surface area contributed by atoms with Gasteiger partial charge in [-0.3, -0.25) is 0 Å². The molecule has 1 fully saturated rings. The Morgan fingerprint density at radius 3 is 2.33 bits per heavy atom. The molecule has 0 N–H and O–H groups in total. The van der Waals surface area contributed by atoms with Crippen LogP contribution in [0.15, 0.2) is 22.5 Å². The molecule has 0 aliphatic carbocycles. The van der Waals surface area contributed by atoms with Crippen LogP contribution in [0.1, 0.15) is 5.56 Å². The summed E-state index contributed by atoms with van der Waals surface area (Å²) in [6.45, 7) is 4.18. The molecule has 1 aliphatic rings. The topological polar surface area (TPSA) is 50.7 Å². The van der Waals surface area contributed by atoms with Crippen LogP contribution in [-0.4, -0.2) is 62.5 Å². The normalized spacial score (nSPS) is 15.5. The molecule has 6 nitrogen and oxygen atoms in total. The van der Waals surface area contributed by atoms with E-state index in [9.17, 15) is 0 Å². The lowest BCUT2D eigenvalue weighted by Gasteiger charge is -2.31. The van der Waals surface area contributed by atoms with Gasteiger partial charge in [0.05, 0.1) is 14.2 Å². The van der Waals surface area contributed by atoms with Crippen LogP contribution in [-0.2, 0) is 5.75 Å². The van der Waals surface area contributed by atoms with Crippen molar-refractivity contribution in [2.24, 2.45) is 0 Å². The fourth-order valence-electron chi connectivity index (χ4n) is 2.48. The molecule has 3 rings (SSSR count). The van der Waals surface area contributed by atoms with Gasteiger partial charge < -0.3 is 19.3 Å². The summed E-state index contributed by atoms with van der Waals surface area (Å²) >= 11 is 3.36. The Hall–Kier alpha value is -1.51. The summed E-state index contributed by atoms with van der Waals surface area (Å²) < 4.78 is 11.6. The second kappa shape index (κ2) is 8.04. The van der Waals surface area contributed by atoms with Crippen molar-refractivity contribution in [1.82, 2.24) is 15.1 Å². The molecule has 0 saturated carbocycles. The first-order valence-corrected chi connectivity index (χ1v) is 9.60. The van der Waals surface area contributed by atoms with Crippen LogP contribution >= 0.6 is 23.1 Å². The lowest BCUT2D eigenvalue weighted by molar-refractivity contribution is 0.312. The van der Waals surface area contributed by atoms with E-state index in [1.54, 1.807) is 37.3 Å². The summed E-state index contributed by atoms with van der Waals surface area (Å²) in [5.74, 6) is 2.42. The highest BCUT2D eigenvalue weighted by Crippen LogP contribution is 2.32. The van der Waals surface area contributed by atoms with Gasteiger partial charge in [-0.1, -0.05) is 23.1 Å². The van der Waals surface area contributed by atoms with Gasteiger partial charge in [-0.05, 0) is 24.7 Å². The third-order valence-corrected chi connectivity index (χ3v) is 6.13. The first-order valence-electron chi connectivity index (χ1n) is 7.79. The first-order chi connectivity index (χ1) is 11.7. The Balaban J connectivity index is 1.61. The molecule has 130 valence electrons. The molecule has 0 radical (unpaired) electrons. The van der Waals surface area contributed by atoms with Crippen molar-refractivity contribution in [1.29, 1.82) is 0 Å². The van der Waals surface area contributed by atoms with Crippen LogP contribution in [0.4, 0.5) is 5.13 Å². The van der Waals surface area contributed by atoms with Crippen LogP contribution in [0.3, 0.4) is 0 Å². The maximum Gasteiger partial charge on any atom is 0.209 e. The first kappa shape index (κ1) is 17.3. The van der Waals surface area contributed by atoms with Gasteiger partial charge in [0, 0.05) is 38.0 Å². The Kier molecular flexibility index (Phi) is 5.80. The molecule has 8 heteroatoms. The van der Waals surface area contributed by atoms with E-state index >= 15 is 0 Å². The van der Waals surface area contributed by atoms with Crippen molar-refractivity contribution in [3.8, 4) is 11.5 Å². The summed E-state index contributed by atoms with van der Waals surface area (Å²) in [4.78, 5) is 4.65. The van der Waals surface area contributed by atoms with Crippen molar-refractivity contribution < 1.29 is 9.47 Å². The lowest BCUT2D eigenvalue weighted by atomic mass is 10.2. The van der Waals surface area contributed by atoms with E-state index in [1.807, 2.05) is 18.2 Å². The van der Waals surface area contributed by atoms with Gasteiger partial charge in [0.1, 0.15) is 11.5 Å². The summed E-state index contributed by atoms with van der Waals surface area (Å²) in [6.07, 6.45) is 0. The molecule has 0 bridgehead atoms. The number of aromatic nitrogens is 2. The molecule has 1 saturated heterocycles. The highest BCUT2D eigenvalue weighted by molar-refractivity contribution is 8.00. The third kappa shape index (κ3) is 4.31. The highest BCUT2D eigenvalue weighted by atomic mass is 32.2. The molecule has 1 aromatic carbocycles. The zero-order valence-electron chi connectivity index (χ0n) is 14.2. The van der Waals surface area contributed by atoms with E-state index < -0.39 is 0 Å². The van der Waals surface area contributed by atoms with Gasteiger partial charge in [-0.25, -0.2) is 0 Å². The fraction of sp³-hybridized carbons (Fsp3) is 0.500. The van der Waals surface area contributed by atoms with E-state index in [1.165, 1.54) is 0 Å². The number of likely N-dealkylation sites (N-methyl/N-ethyl adjacent to an activating group) is 1. The van der Waals surface area contributed by atoms with Gasteiger partial charge in [0.25, 0.3) is 0 Å². The van der Waals surface area contributed by atoms with Crippen molar-refractivity contribution in [2.45, 2.75) is 10.1 Å². The molecule has 0 amide bonds. The smallest absolute Gasteiger partial charge is 0.209 e. The van der Waals surface area contributed by atoms with Crippen molar-refractivity contribution in [3.05, 3.63) is 23.8 Å². The number of rotatable bonds is 6. The minimum Gasteiger partial charge on any atom is -0.497 e. The highest BCUT2D eigenvalue weighted by Gasteiger charge is 2.18. The SMILES string of the molecule is COc1cc(CSc2nnc(N3CCN(C)CC3)s2)cc(OC)c1. The molecule has 0 atom stereocenters. The summed E-state index contributed by atoms with van der Waals surface area (Å²) in [7, 11) is 5.48. The molecule has 2 aromatic rings. The summed E-state index contributed by atoms with van der Waals surface area (Å²) in [6, 6.07) is 5.93. The Labute approximate surface area is 150 Å². The number of methoxy groups -OCH3 is 2. The molecule has 2 heterocycles. The average molecular weight is 367 g/mol. The predicted molar refractivity (Wildman–Crippen MR) is 98.7 cm³/mol. The molecule has 1 aromatic heterocycles. The Morgan fingerprint density at radius 2 is 1.71 bits per heavy atom. The third-order valence-electron chi connectivity index (χ3n) is 3.94. The minimum atomic E-state index is 0.806. The molecular weight excluding hydrogens is 344 g/mol. The second-order valence-corrected chi connectivity index (χ2v) is 7.83. The molecule has 0 unspecified atom stereocenters. The van der Waals surface area contributed by atoms with Crippen molar-refractivity contribution in [3.63, 3.8) is 0 Å². The number of nitrogens with zero attached hydrogens (tertiary/aromatic N) is 4. The summed E-state index contributed by atoms with van der Waals surface area (Å²) in [5.41, 5.74) is 1.15. The Morgan fingerprint density at radius 1 is 1.04 bits per heavy atom. The Bertz CT molecular complexity index is 650. The maximum absolute atomic E-state index is 5.32. The average Bonchev–Trinajstić information content (AvgIpc) is 3.09. The number of benzene rings is 1. The van der Waals surface area contributed by atoms with E-state index in [2.05, 4.69) is 27.0 Å². The zero-order valence-corrected chi connectivity index (χ0v) is 15.8. The standard InChI is InChI=1S/C16H22N4O2S2/c1-19-4-6-20(7-5-19)15-17-18-16(24-15)23-11-12-8-13(21-2)10-14(9-12)22-3/h8-10H,4-7,11H2,1-3H3. The maximum atomic E-state index is 5.32. The van der Waals surface area contributed by atoms with Gasteiger partial charge in [-0.2, -0.15) is 0 Å². The fourth-order valence-corrected chi connectivity index (χ4v) is 4.30. The van der Waals surface area contributed by atoms with E-state index in [0.29, 0.717) is 0 Å². The van der Waals surface area contributed by atoms with Gasteiger partial charge in [-0.15, -0.1) is 10.2 Å². The van der Waals surface area contributed by atoms with Crippen LogP contribution in [0.25, 0.3) is 0 Å². The van der Waals surface area contributed by atoms with Crippen LogP contribution < -0.4 is 14.4 Å². The zero-order chi connectivity index (χ0) is 16.9. The van der Waals surface area contributed by atoms with E-state index in [-0.39, 0.29) is 0 Å². The van der Waals surface area contributed by atoms with Gasteiger partial charge in [0.2, 0.25) is 5.13 Å². The van der Waals surface area contributed by atoms with Crippen LogP contribution in [0, 0.1) is 0 Å². The van der Waals surface area contributed by atoms with Crippen molar-refractivity contribution >= 4 is 28.2 Å². The van der Waals surface area contributed by atoms with Gasteiger partial charge in [0.15, 0.2) is 4.34 Å². The number of thioether (sulfide) groups is 1. The number of piperazine rings is 1. The van der Waals surface area contributed by atoms with Gasteiger partial charge >= 0.3 is 0 Å². The van der Waals surface area contributed by atoms with E-state index in [0.717, 1.165) is 58.5 Å².